The summed E-state index contributed by atoms with van der Waals surface area (Å²) in [6.45, 7) is 3.46. The minimum Gasteiger partial charge on any atom is -0.381 e. The van der Waals surface area contributed by atoms with Gasteiger partial charge in [0, 0.05) is 41.3 Å². The van der Waals surface area contributed by atoms with Crippen LogP contribution in [0.3, 0.4) is 0 Å². The molecule has 0 N–H and O–H groups in total. The molecule has 2 aromatic rings. The topological polar surface area (TPSA) is 72.7 Å². The van der Waals surface area contributed by atoms with Gasteiger partial charge >= 0.3 is 0 Å². The van der Waals surface area contributed by atoms with Crippen LogP contribution in [0, 0.1) is 17.0 Å². The van der Waals surface area contributed by atoms with Gasteiger partial charge in [-0.2, -0.15) is 0 Å². The monoisotopic (exact) mass is 360 g/mol. The molecule has 0 atom stereocenters. The molecule has 0 radical (unpaired) electrons. The molecule has 1 fully saturated rings. The number of benzene rings is 1. The molecule has 132 valence electrons. The first-order valence-corrected chi connectivity index (χ1v) is 9.10. The van der Waals surface area contributed by atoms with Crippen LogP contribution in [0.25, 0.3) is 0 Å². The minimum atomic E-state index is -0.440. The van der Waals surface area contributed by atoms with Crippen molar-refractivity contribution >= 4 is 22.9 Å². The summed E-state index contributed by atoms with van der Waals surface area (Å²) in [6.07, 6.45) is 1.57. The first kappa shape index (κ1) is 17.6. The van der Waals surface area contributed by atoms with Crippen LogP contribution in [-0.4, -0.2) is 35.0 Å². The zero-order valence-electron chi connectivity index (χ0n) is 14.0. The molecule has 0 unspecified atom stereocenters. The number of rotatable bonds is 5. The van der Waals surface area contributed by atoms with Crippen LogP contribution in [0.1, 0.15) is 33.6 Å². The number of ether oxygens (including phenoxy) is 1. The van der Waals surface area contributed by atoms with Gasteiger partial charge in [-0.15, -0.1) is 11.3 Å². The van der Waals surface area contributed by atoms with E-state index in [2.05, 4.69) is 0 Å². The lowest BCUT2D eigenvalue weighted by Crippen LogP contribution is -2.42. The lowest BCUT2D eigenvalue weighted by Gasteiger charge is -2.34. The van der Waals surface area contributed by atoms with Crippen molar-refractivity contribution in [2.45, 2.75) is 32.4 Å². The fourth-order valence-electron chi connectivity index (χ4n) is 3.04. The molecule has 0 bridgehead atoms. The Morgan fingerprint density at radius 3 is 2.76 bits per heavy atom. The zero-order chi connectivity index (χ0) is 17.8. The molecule has 1 aromatic heterocycles. The maximum atomic E-state index is 13.1. The highest BCUT2D eigenvalue weighted by Crippen LogP contribution is 2.25. The average molecular weight is 360 g/mol. The van der Waals surface area contributed by atoms with Crippen LogP contribution in [0.15, 0.2) is 35.7 Å². The van der Waals surface area contributed by atoms with Crippen molar-refractivity contribution in [1.29, 1.82) is 0 Å². The average Bonchev–Trinajstić information content (AvgIpc) is 3.13. The smallest absolute Gasteiger partial charge is 0.273 e. The van der Waals surface area contributed by atoms with E-state index in [1.54, 1.807) is 30.4 Å². The molecule has 6 nitrogen and oxygen atoms in total. The number of nitro benzene ring substituents is 1. The van der Waals surface area contributed by atoms with Crippen LogP contribution >= 0.6 is 11.3 Å². The highest BCUT2D eigenvalue weighted by Gasteiger charge is 2.28. The van der Waals surface area contributed by atoms with E-state index in [1.165, 1.54) is 6.07 Å². The van der Waals surface area contributed by atoms with Gasteiger partial charge in [-0.25, -0.2) is 0 Å². The van der Waals surface area contributed by atoms with Crippen molar-refractivity contribution in [3.63, 3.8) is 0 Å². The fourth-order valence-corrected chi connectivity index (χ4v) is 3.74. The SMILES string of the molecule is Cc1ccc(C(=O)N(Cc2cccs2)C2CCOCC2)cc1[N+](=O)[O-]. The molecule has 25 heavy (non-hydrogen) atoms. The van der Waals surface area contributed by atoms with E-state index in [0.717, 1.165) is 17.7 Å². The second-order valence-electron chi connectivity index (χ2n) is 6.11. The highest BCUT2D eigenvalue weighted by atomic mass is 32.1. The van der Waals surface area contributed by atoms with Crippen molar-refractivity contribution in [2.24, 2.45) is 0 Å². The number of amides is 1. The Morgan fingerprint density at radius 2 is 2.12 bits per heavy atom. The van der Waals surface area contributed by atoms with Crippen molar-refractivity contribution < 1.29 is 14.5 Å². The van der Waals surface area contributed by atoms with Crippen molar-refractivity contribution in [3.05, 3.63) is 61.8 Å². The van der Waals surface area contributed by atoms with E-state index >= 15 is 0 Å². The number of carbonyl (C=O) groups excluding carboxylic acids is 1. The van der Waals surface area contributed by atoms with E-state index < -0.39 is 4.92 Å². The quantitative estimate of drug-likeness (QED) is 0.601. The predicted molar refractivity (Wildman–Crippen MR) is 95.9 cm³/mol. The van der Waals surface area contributed by atoms with E-state index in [9.17, 15) is 14.9 Å². The van der Waals surface area contributed by atoms with Crippen LogP contribution in [0.2, 0.25) is 0 Å². The first-order valence-electron chi connectivity index (χ1n) is 8.22. The lowest BCUT2D eigenvalue weighted by molar-refractivity contribution is -0.385. The molecule has 7 heteroatoms. The number of hydrogen-bond acceptors (Lipinski definition) is 5. The van der Waals surface area contributed by atoms with E-state index in [-0.39, 0.29) is 17.6 Å². The van der Waals surface area contributed by atoms with Crippen LogP contribution in [-0.2, 0) is 11.3 Å². The zero-order valence-corrected chi connectivity index (χ0v) is 14.8. The molecule has 0 saturated carbocycles. The molecule has 3 rings (SSSR count). The van der Waals surface area contributed by atoms with Gasteiger partial charge in [-0.05, 0) is 37.3 Å². The Kier molecular flexibility index (Phi) is 5.45. The number of hydrogen-bond donors (Lipinski definition) is 0. The summed E-state index contributed by atoms with van der Waals surface area (Å²) in [5, 5.41) is 13.2. The lowest BCUT2D eigenvalue weighted by atomic mass is 10.0. The molecular weight excluding hydrogens is 340 g/mol. The molecule has 0 spiro atoms. The van der Waals surface area contributed by atoms with Gasteiger partial charge in [-0.1, -0.05) is 12.1 Å². The number of nitrogens with zero attached hydrogens (tertiary/aromatic N) is 2. The second kappa shape index (κ2) is 7.76. The largest absolute Gasteiger partial charge is 0.381 e. The summed E-state index contributed by atoms with van der Waals surface area (Å²) in [4.78, 5) is 26.8. The Hall–Kier alpha value is -2.25. The number of carbonyl (C=O) groups is 1. The molecule has 1 aliphatic heterocycles. The molecule has 1 saturated heterocycles. The molecular formula is C18H20N2O4S. The van der Waals surface area contributed by atoms with Gasteiger partial charge in [0.1, 0.15) is 0 Å². The Morgan fingerprint density at radius 1 is 1.36 bits per heavy atom. The summed E-state index contributed by atoms with van der Waals surface area (Å²) in [6, 6.07) is 8.75. The number of aryl methyl sites for hydroxylation is 1. The summed E-state index contributed by atoms with van der Waals surface area (Å²) in [5.74, 6) is -0.164. The summed E-state index contributed by atoms with van der Waals surface area (Å²) < 4.78 is 5.41. The molecule has 0 aliphatic carbocycles. The maximum absolute atomic E-state index is 13.1. The Balaban J connectivity index is 1.90. The van der Waals surface area contributed by atoms with Gasteiger partial charge in [0.05, 0.1) is 11.5 Å². The molecule has 1 amide bonds. The minimum absolute atomic E-state index is 0.0195. The third kappa shape index (κ3) is 4.05. The third-order valence-electron chi connectivity index (χ3n) is 4.45. The molecule has 2 heterocycles. The van der Waals surface area contributed by atoms with E-state index in [4.69, 9.17) is 4.74 Å². The van der Waals surface area contributed by atoms with Crippen molar-refractivity contribution in [2.75, 3.05) is 13.2 Å². The van der Waals surface area contributed by atoms with Crippen LogP contribution in [0.4, 0.5) is 5.69 Å². The standard InChI is InChI=1S/C18H20N2O4S/c1-13-4-5-14(11-17(13)20(22)23)18(21)19(12-16-3-2-10-25-16)15-6-8-24-9-7-15/h2-5,10-11,15H,6-9,12H2,1H3. The van der Waals surface area contributed by atoms with Gasteiger partial charge in [-0.3, -0.25) is 14.9 Å². The number of nitro groups is 1. The molecule has 1 aliphatic rings. The fraction of sp³-hybridized carbons (Fsp3) is 0.389. The van der Waals surface area contributed by atoms with Gasteiger partial charge < -0.3 is 9.64 Å². The predicted octanol–water partition coefficient (Wildman–Crippen LogP) is 3.79. The molecule has 1 aromatic carbocycles. The van der Waals surface area contributed by atoms with Crippen molar-refractivity contribution in [3.8, 4) is 0 Å². The van der Waals surface area contributed by atoms with E-state index in [1.807, 2.05) is 22.4 Å². The third-order valence-corrected chi connectivity index (χ3v) is 5.31. The van der Waals surface area contributed by atoms with Crippen LogP contribution in [0.5, 0.6) is 0 Å². The highest BCUT2D eigenvalue weighted by molar-refractivity contribution is 7.09. The Labute approximate surface area is 150 Å². The Bertz CT molecular complexity index is 754. The maximum Gasteiger partial charge on any atom is 0.273 e. The van der Waals surface area contributed by atoms with Crippen LogP contribution < -0.4 is 0 Å². The van der Waals surface area contributed by atoms with Gasteiger partial charge in [0.2, 0.25) is 0 Å². The summed E-state index contributed by atoms with van der Waals surface area (Å²) in [7, 11) is 0. The summed E-state index contributed by atoms with van der Waals surface area (Å²) in [5.41, 5.74) is 0.895. The first-order chi connectivity index (χ1) is 12.1. The normalized spacial score (nSPS) is 15.1. The number of thiophene rings is 1. The van der Waals surface area contributed by atoms with Gasteiger partial charge in [0.25, 0.3) is 11.6 Å². The van der Waals surface area contributed by atoms with E-state index in [0.29, 0.717) is 30.9 Å². The van der Waals surface area contributed by atoms with Gasteiger partial charge in [0.15, 0.2) is 0 Å². The summed E-state index contributed by atoms with van der Waals surface area (Å²) >= 11 is 1.60. The van der Waals surface area contributed by atoms with Crippen molar-refractivity contribution in [1.82, 2.24) is 4.90 Å². The second-order valence-corrected chi connectivity index (χ2v) is 7.15.